The highest BCUT2D eigenvalue weighted by Gasteiger charge is 2.50. The third-order valence-corrected chi connectivity index (χ3v) is 6.27. The molecule has 0 radical (unpaired) electrons. The number of nitrogens with zero attached hydrogens (tertiary/aromatic N) is 1. The number of urea groups is 1. The first-order valence-corrected chi connectivity index (χ1v) is 10.4. The Morgan fingerprint density at radius 1 is 1.28 bits per heavy atom. The quantitative estimate of drug-likeness (QED) is 0.734. The summed E-state index contributed by atoms with van der Waals surface area (Å²) in [6, 6.07) is 5.89. The standard InChI is InChI=1S/C22H33N3O4/c1-13(2)24-22(27)23-11-18-14(3)8-19-17(18)10-21(26)25(19)12-15-6-7-16(28-4)9-20(15)29-5/h6-7,9,13-14,17-19H,8,10-12H2,1-5H3,(H2,23,24,27)/t14-,17-,18+,19+/m0/s1. The molecule has 1 saturated carbocycles. The van der Waals surface area contributed by atoms with E-state index in [-0.39, 0.29) is 29.9 Å². The maximum atomic E-state index is 12.8. The second-order valence-corrected chi connectivity index (χ2v) is 8.52. The van der Waals surface area contributed by atoms with Crippen molar-refractivity contribution >= 4 is 11.9 Å². The van der Waals surface area contributed by atoms with Crippen LogP contribution in [0.25, 0.3) is 0 Å². The first-order valence-electron chi connectivity index (χ1n) is 10.4. The highest BCUT2D eigenvalue weighted by Crippen LogP contribution is 2.46. The molecule has 4 atom stereocenters. The largest absolute Gasteiger partial charge is 0.497 e. The first-order chi connectivity index (χ1) is 13.8. The molecule has 0 aromatic heterocycles. The summed E-state index contributed by atoms with van der Waals surface area (Å²) in [7, 11) is 3.26. The van der Waals surface area contributed by atoms with E-state index in [0.717, 1.165) is 23.5 Å². The first kappa shape index (κ1) is 21.3. The number of hydrogen-bond donors (Lipinski definition) is 2. The molecule has 1 aliphatic heterocycles. The van der Waals surface area contributed by atoms with Crippen LogP contribution < -0.4 is 20.1 Å². The fraction of sp³-hybridized carbons (Fsp3) is 0.636. The molecule has 3 amide bonds. The minimum Gasteiger partial charge on any atom is -0.497 e. The fourth-order valence-electron chi connectivity index (χ4n) is 4.84. The molecule has 160 valence electrons. The Balaban J connectivity index is 1.68. The topological polar surface area (TPSA) is 79.9 Å². The zero-order valence-corrected chi connectivity index (χ0v) is 18.0. The van der Waals surface area contributed by atoms with Crippen LogP contribution in [-0.2, 0) is 11.3 Å². The lowest BCUT2D eigenvalue weighted by Gasteiger charge is -2.25. The van der Waals surface area contributed by atoms with Crippen LogP contribution in [0, 0.1) is 17.8 Å². The van der Waals surface area contributed by atoms with E-state index in [1.165, 1.54) is 0 Å². The van der Waals surface area contributed by atoms with E-state index in [2.05, 4.69) is 17.6 Å². The lowest BCUT2D eigenvalue weighted by Crippen LogP contribution is -2.42. The number of fused-ring (bicyclic) bond motifs is 1. The Morgan fingerprint density at radius 2 is 2.03 bits per heavy atom. The summed E-state index contributed by atoms with van der Waals surface area (Å²) in [5, 5.41) is 5.86. The maximum Gasteiger partial charge on any atom is 0.314 e. The SMILES string of the molecule is COc1ccc(CN2C(=O)C[C@H]3[C@H](CNC(=O)NC(C)C)[C@@H](C)C[C@H]32)c(OC)c1. The van der Waals surface area contributed by atoms with Crippen LogP contribution in [-0.4, -0.2) is 49.7 Å². The smallest absolute Gasteiger partial charge is 0.314 e. The minimum absolute atomic E-state index is 0.103. The van der Waals surface area contributed by atoms with Gasteiger partial charge in [-0.15, -0.1) is 0 Å². The van der Waals surface area contributed by atoms with Crippen LogP contribution >= 0.6 is 0 Å². The van der Waals surface area contributed by atoms with E-state index in [4.69, 9.17) is 9.47 Å². The highest BCUT2D eigenvalue weighted by atomic mass is 16.5. The Hall–Kier alpha value is -2.44. The number of hydrogen-bond acceptors (Lipinski definition) is 4. The van der Waals surface area contributed by atoms with Crippen LogP contribution in [0.3, 0.4) is 0 Å². The van der Waals surface area contributed by atoms with Gasteiger partial charge in [0.2, 0.25) is 5.91 Å². The number of likely N-dealkylation sites (tertiary alicyclic amines) is 1. The van der Waals surface area contributed by atoms with Crippen molar-refractivity contribution in [2.75, 3.05) is 20.8 Å². The van der Waals surface area contributed by atoms with Gasteiger partial charge in [-0.1, -0.05) is 6.92 Å². The molecule has 2 aliphatic rings. The summed E-state index contributed by atoms with van der Waals surface area (Å²) in [4.78, 5) is 26.8. The van der Waals surface area contributed by atoms with Crippen molar-refractivity contribution in [1.82, 2.24) is 15.5 Å². The second kappa shape index (κ2) is 8.93. The monoisotopic (exact) mass is 403 g/mol. The molecule has 1 aromatic rings. The van der Waals surface area contributed by atoms with Crippen LogP contribution in [0.15, 0.2) is 18.2 Å². The van der Waals surface area contributed by atoms with Crippen LogP contribution in [0.4, 0.5) is 4.79 Å². The van der Waals surface area contributed by atoms with E-state index < -0.39 is 0 Å². The summed E-state index contributed by atoms with van der Waals surface area (Å²) in [6.07, 6.45) is 1.51. The van der Waals surface area contributed by atoms with Gasteiger partial charge in [-0.25, -0.2) is 4.79 Å². The average Bonchev–Trinajstić information content (AvgIpc) is 3.13. The molecule has 29 heavy (non-hydrogen) atoms. The number of carbonyl (C=O) groups excluding carboxylic acids is 2. The van der Waals surface area contributed by atoms with E-state index in [0.29, 0.717) is 31.3 Å². The van der Waals surface area contributed by atoms with E-state index in [1.54, 1.807) is 14.2 Å². The molecular weight excluding hydrogens is 370 g/mol. The number of amides is 3. The molecule has 1 aliphatic carbocycles. The van der Waals surface area contributed by atoms with Crippen LogP contribution in [0.2, 0.25) is 0 Å². The van der Waals surface area contributed by atoms with E-state index in [9.17, 15) is 9.59 Å². The van der Waals surface area contributed by atoms with Crippen molar-refractivity contribution in [3.8, 4) is 11.5 Å². The van der Waals surface area contributed by atoms with Crippen LogP contribution in [0.1, 0.15) is 39.2 Å². The molecule has 0 spiro atoms. The Morgan fingerprint density at radius 3 is 2.69 bits per heavy atom. The van der Waals surface area contributed by atoms with Crippen molar-refractivity contribution in [3.63, 3.8) is 0 Å². The molecule has 1 saturated heterocycles. The number of rotatable bonds is 7. The summed E-state index contributed by atoms with van der Waals surface area (Å²) >= 11 is 0. The Labute approximate surface area is 173 Å². The van der Waals surface area contributed by atoms with Gasteiger partial charge in [0.1, 0.15) is 11.5 Å². The Kier molecular flexibility index (Phi) is 6.55. The summed E-state index contributed by atoms with van der Waals surface area (Å²) in [5.41, 5.74) is 0.979. The second-order valence-electron chi connectivity index (χ2n) is 8.52. The van der Waals surface area contributed by atoms with E-state index in [1.807, 2.05) is 36.9 Å². The molecule has 3 rings (SSSR count). The minimum atomic E-state index is -0.139. The molecule has 2 N–H and O–H groups in total. The lowest BCUT2D eigenvalue weighted by atomic mass is 9.88. The summed E-state index contributed by atoms with van der Waals surface area (Å²) < 4.78 is 10.8. The van der Waals surface area contributed by atoms with Crippen molar-refractivity contribution < 1.29 is 19.1 Å². The van der Waals surface area contributed by atoms with Crippen molar-refractivity contribution in [2.24, 2.45) is 17.8 Å². The molecule has 1 aromatic carbocycles. The van der Waals surface area contributed by atoms with Gasteiger partial charge in [-0.2, -0.15) is 0 Å². The molecule has 2 fully saturated rings. The van der Waals surface area contributed by atoms with Gasteiger partial charge in [0.15, 0.2) is 0 Å². The van der Waals surface area contributed by atoms with Gasteiger partial charge in [-0.05, 0) is 50.2 Å². The molecule has 0 unspecified atom stereocenters. The van der Waals surface area contributed by atoms with Gasteiger partial charge in [0, 0.05) is 43.2 Å². The zero-order chi connectivity index (χ0) is 21.1. The number of carbonyl (C=O) groups is 2. The molecule has 1 heterocycles. The Bertz CT molecular complexity index is 752. The highest BCUT2D eigenvalue weighted by molar-refractivity contribution is 5.80. The summed E-state index contributed by atoms with van der Waals surface area (Å²) in [5.74, 6) is 2.69. The number of ether oxygens (including phenoxy) is 2. The fourth-order valence-corrected chi connectivity index (χ4v) is 4.84. The molecule has 0 bridgehead atoms. The maximum absolute atomic E-state index is 12.8. The number of methoxy groups -OCH3 is 2. The third kappa shape index (κ3) is 4.60. The van der Waals surface area contributed by atoms with Crippen LogP contribution in [0.5, 0.6) is 11.5 Å². The predicted molar refractivity (Wildman–Crippen MR) is 111 cm³/mol. The molecular formula is C22H33N3O4. The number of benzene rings is 1. The van der Waals surface area contributed by atoms with Crippen molar-refractivity contribution in [3.05, 3.63) is 23.8 Å². The van der Waals surface area contributed by atoms with Gasteiger partial charge in [0.05, 0.1) is 14.2 Å². The normalized spacial score (nSPS) is 25.9. The van der Waals surface area contributed by atoms with E-state index >= 15 is 0 Å². The van der Waals surface area contributed by atoms with Gasteiger partial charge in [0.25, 0.3) is 0 Å². The van der Waals surface area contributed by atoms with Crippen molar-refractivity contribution in [1.29, 1.82) is 0 Å². The van der Waals surface area contributed by atoms with Gasteiger partial charge >= 0.3 is 6.03 Å². The van der Waals surface area contributed by atoms with Gasteiger partial charge < -0.3 is 25.0 Å². The third-order valence-electron chi connectivity index (χ3n) is 6.27. The number of nitrogens with one attached hydrogen (secondary N) is 2. The zero-order valence-electron chi connectivity index (χ0n) is 18.0. The van der Waals surface area contributed by atoms with Crippen molar-refractivity contribution in [2.45, 2.75) is 52.2 Å². The predicted octanol–water partition coefficient (Wildman–Crippen LogP) is 2.78. The van der Waals surface area contributed by atoms with Gasteiger partial charge in [-0.3, -0.25) is 4.79 Å². The lowest BCUT2D eigenvalue weighted by molar-refractivity contribution is -0.129. The summed E-state index contributed by atoms with van der Waals surface area (Å²) in [6.45, 7) is 7.24. The average molecular weight is 404 g/mol. The molecule has 7 nitrogen and oxygen atoms in total. The molecule has 7 heteroatoms.